The molecule has 3 aromatic rings. The second-order valence-electron chi connectivity index (χ2n) is 3.53. The van der Waals surface area contributed by atoms with Gasteiger partial charge < -0.3 is 0 Å². The molecule has 0 unspecified atom stereocenters. The molecular formula is C12H8N2O2Se. The molecule has 0 spiro atoms. The van der Waals surface area contributed by atoms with Crippen molar-refractivity contribution >= 4 is 24.4 Å². The monoisotopic (exact) mass is 292 g/mol. The van der Waals surface area contributed by atoms with Crippen molar-refractivity contribution in [3.8, 4) is 11.6 Å². The molecule has 0 saturated heterocycles. The predicted molar refractivity (Wildman–Crippen MR) is 65.9 cm³/mol. The van der Waals surface area contributed by atoms with E-state index in [2.05, 4.69) is 4.98 Å². The van der Waals surface area contributed by atoms with E-state index in [1.807, 2.05) is 12.1 Å². The van der Waals surface area contributed by atoms with Crippen LogP contribution >= 0.6 is 0 Å². The molecule has 1 aromatic carbocycles. The Hall–Kier alpha value is -1.84. The molecule has 0 aliphatic carbocycles. The second kappa shape index (κ2) is 3.87. The van der Waals surface area contributed by atoms with Gasteiger partial charge in [-0.15, -0.1) is 0 Å². The van der Waals surface area contributed by atoms with E-state index >= 15 is 0 Å². The minimum atomic E-state index is -0.244. The molecule has 0 radical (unpaired) electrons. The molecule has 3 rings (SSSR count). The van der Waals surface area contributed by atoms with Crippen LogP contribution in [-0.2, 0) is 0 Å². The number of fused-ring (bicyclic) bond motifs is 1. The average molecular weight is 291 g/mol. The topological polar surface area (TPSA) is 55.1 Å². The van der Waals surface area contributed by atoms with E-state index in [1.165, 1.54) is 0 Å². The van der Waals surface area contributed by atoms with Crippen LogP contribution in [0.1, 0.15) is 0 Å². The van der Waals surface area contributed by atoms with Gasteiger partial charge in [0.15, 0.2) is 0 Å². The van der Waals surface area contributed by atoms with E-state index < -0.39 is 0 Å². The van der Waals surface area contributed by atoms with E-state index in [0.29, 0.717) is 11.2 Å². The SMILES string of the molecule is O=c1c2cccc(O)c2[se]n1-c1ccccn1. The van der Waals surface area contributed by atoms with Crippen molar-refractivity contribution in [2.45, 2.75) is 0 Å². The Morgan fingerprint density at radius 3 is 2.76 bits per heavy atom. The first kappa shape index (κ1) is 10.3. The van der Waals surface area contributed by atoms with Gasteiger partial charge in [-0.3, -0.25) is 0 Å². The van der Waals surface area contributed by atoms with Crippen LogP contribution in [-0.4, -0.2) is 28.4 Å². The molecular weight excluding hydrogens is 283 g/mol. The molecule has 0 saturated carbocycles. The van der Waals surface area contributed by atoms with Crippen molar-refractivity contribution in [2.24, 2.45) is 0 Å². The van der Waals surface area contributed by atoms with Gasteiger partial charge >= 0.3 is 103 Å². The van der Waals surface area contributed by atoms with Crippen molar-refractivity contribution in [2.75, 3.05) is 0 Å². The first-order valence-electron chi connectivity index (χ1n) is 5.03. The number of rotatable bonds is 1. The zero-order valence-electron chi connectivity index (χ0n) is 8.70. The third kappa shape index (κ3) is 1.60. The number of nitrogens with zero attached hydrogens (tertiary/aromatic N) is 2. The summed E-state index contributed by atoms with van der Waals surface area (Å²) in [5, 5.41) is 10.3. The van der Waals surface area contributed by atoms with Crippen molar-refractivity contribution in [3.63, 3.8) is 0 Å². The Bertz CT molecular complexity index is 731. The van der Waals surface area contributed by atoms with Gasteiger partial charge in [-0.25, -0.2) is 0 Å². The Morgan fingerprint density at radius 1 is 1.18 bits per heavy atom. The zero-order valence-corrected chi connectivity index (χ0v) is 10.4. The first-order chi connectivity index (χ1) is 8.27. The number of hydrogen-bond acceptors (Lipinski definition) is 3. The molecule has 17 heavy (non-hydrogen) atoms. The molecule has 2 aromatic heterocycles. The summed E-state index contributed by atoms with van der Waals surface area (Å²) in [6, 6.07) is 10.5. The predicted octanol–water partition coefficient (Wildman–Crippen LogP) is 1.15. The number of phenols is 1. The molecule has 0 amide bonds. The molecule has 5 heteroatoms. The van der Waals surface area contributed by atoms with Crippen LogP contribution in [0.15, 0.2) is 47.4 Å². The summed E-state index contributed by atoms with van der Waals surface area (Å²) in [6.45, 7) is 0. The standard InChI is InChI=1S/C12H8N2O2Se/c15-9-5-3-4-8-11(9)17-14(12(8)16)10-6-1-2-7-13-10/h1-7,15H. The van der Waals surface area contributed by atoms with E-state index in [0.717, 1.165) is 4.26 Å². The number of hydrogen-bond donors (Lipinski definition) is 1. The minimum absolute atomic E-state index is 0.0883. The normalized spacial score (nSPS) is 10.8. The Balaban J connectivity index is 2.37. The molecule has 0 atom stereocenters. The zero-order chi connectivity index (χ0) is 11.8. The molecule has 0 aliphatic rings. The molecule has 4 nitrogen and oxygen atoms in total. The average Bonchev–Trinajstić information content (AvgIpc) is 2.70. The van der Waals surface area contributed by atoms with Crippen LogP contribution in [0.3, 0.4) is 0 Å². The van der Waals surface area contributed by atoms with Gasteiger partial charge in [0.2, 0.25) is 0 Å². The van der Waals surface area contributed by atoms with Crippen molar-refractivity contribution in [3.05, 3.63) is 52.9 Å². The van der Waals surface area contributed by atoms with E-state index in [1.54, 1.807) is 34.0 Å². The van der Waals surface area contributed by atoms with Gasteiger partial charge in [-0.05, 0) is 0 Å². The molecule has 84 valence electrons. The first-order valence-corrected chi connectivity index (χ1v) is 6.65. The third-order valence-corrected chi connectivity index (χ3v) is 4.86. The number of pyridine rings is 1. The van der Waals surface area contributed by atoms with Crippen LogP contribution in [0.4, 0.5) is 0 Å². The van der Waals surface area contributed by atoms with Crippen molar-refractivity contribution < 1.29 is 5.11 Å². The Labute approximate surface area is 103 Å². The second-order valence-corrected chi connectivity index (χ2v) is 5.54. The molecule has 0 fully saturated rings. The van der Waals surface area contributed by atoms with Crippen LogP contribution in [0.5, 0.6) is 5.75 Å². The van der Waals surface area contributed by atoms with E-state index in [4.69, 9.17) is 0 Å². The fraction of sp³-hybridized carbons (Fsp3) is 0. The van der Waals surface area contributed by atoms with Gasteiger partial charge in [-0.2, -0.15) is 0 Å². The maximum atomic E-state index is 12.1. The molecule has 1 N–H and O–H groups in total. The number of benzene rings is 1. The summed E-state index contributed by atoms with van der Waals surface area (Å²) >= 11 is -0.244. The fourth-order valence-corrected chi connectivity index (χ4v) is 3.71. The molecule has 0 aliphatic heterocycles. The van der Waals surface area contributed by atoms with Gasteiger partial charge in [-0.1, -0.05) is 0 Å². The Kier molecular flexibility index (Phi) is 2.35. The summed E-state index contributed by atoms with van der Waals surface area (Å²) < 4.78 is 2.35. The van der Waals surface area contributed by atoms with Crippen molar-refractivity contribution in [1.82, 2.24) is 8.55 Å². The van der Waals surface area contributed by atoms with Crippen LogP contribution in [0, 0.1) is 0 Å². The summed E-state index contributed by atoms with van der Waals surface area (Å²) in [7, 11) is 0. The summed E-state index contributed by atoms with van der Waals surface area (Å²) in [5.74, 6) is 0.822. The summed E-state index contributed by atoms with van der Waals surface area (Å²) in [4.78, 5) is 16.3. The van der Waals surface area contributed by atoms with Crippen LogP contribution in [0.2, 0.25) is 0 Å². The summed E-state index contributed by atoms with van der Waals surface area (Å²) in [6.07, 6.45) is 1.65. The fourth-order valence-electron chi connectivity index (χ4n) is 1.66. The quantitative estimate of drug-likeness (QED) is 0.684. The number of aromatic nitrogens is 2. The van der Waals surface area contributed by atoms with Gasteiger partial charge in [0.1, 0.15) is 0 Å². The van der Waals surface area contributed by atoms with E-state index in [-0.39, 0.29) is 26.0 Å². The number of phenolic OH excluding ortho intramolecular Hbond substituents is 1. The van der Waals surface area contributed by atoms with Crippen LogP contribution in [0.25, 0.3) is 15.5 Å². The summed E-state index contributed by atoms with van der Waals surface area (Å²) in [5.41, 5.74) is -0.0883. The van der Waals surface area contributed by atoms with Gasteiger partial charge in [0.05, 0.1) is 0 Å². The third-order valence-electron chi connectivity index (χ3n) is 2.45. The molecule has 0 bridgehead atoms. The van der Waals surface area contributed by atoms with Gasteiger partial charge in [0.25, 0.3) is 0 Å². The maximum absolute atomic E-state index is 12.1. The molecule has 2 heterocycles. The van der Waals surface area contributed by atoms with E-state index in [9.17, 15) is 9.90 Å². The Morgan fingerprint density at radius 2 is 2.06 bits per heavy atom. The number of aromatic hydroxyl groups is 1. The van der Waals surface area contributed by atoms with Crippen LogP contribution < -0.4 is 5.56 Å². The van der Waals surface area contributed by atoms with Crippen molar-refractivity contribution in [1.29, 1.82) is 0 Å². The van der Waals surface area contributed by atoms with Gasteiger partial charge in [0, 0.05) is 0 Å².